The van der Waals surface area contributed by atoms with Crippen LogP contribution in [0.3, 0.4) is 0 Å². The number of hydrogen-bond acceptors (Lipinski definition) is 3. The van der Waals surface area contributed by atoms with E-state index in [9.17, 15) is 14.7 Å². The number of ketones is 1. The first kappa shape index (κ1) is 16.4. The van der Waals surface area contributed by atoms with Crippen molar-refractivity contribution in [2.75, 3.05) is 0 Å². The molecule has 0 aliphatic rings. The van der Waals surface area contributed by atoms with Gasteiger partial charge in [0.05, 0.1) is 0 Å². The van der Waals surface area contributed by atoms with Crippen LogP contribution in [0.25, 0.3) is 0 Å². The molecule has 4 nitrogen and oxygen atoms in total. The maximum atomic E-state index is 11.9. The smallest absolute Gasteiger partial charge is 0.217 e. The number of hydrogen-bond donors (Lipinski definition) is 2. The van der Waals surface area contributed by atoms with E-state index < -0.39 is 5.60 Å². The van der Waals surface area contributed by atoms with Crippen LogP contribution in [0.1, 0.15) is 50.5 Å². The molecule has 1 rings (SSSR count). The van der Waals surface area contributed by atoms with Crippen LogP contribution in [0.5, 0.6) is 0 Å². The van der Waals surface area contributed by atoms with Gasteiger partial charge in [-0.05, 0) is 39.7 Å². The fourth-order valence-electron chi connectivity index (χ4n) is 2.16. The fourth-order valence-corrected chi connectivity index (χ4v) is 2.16. The van der Waals surface area contributed by atoms with Gasteiger partial charge >= 0.3 is 0 Å². The Morgan fingerprint density at radius 2 is 1.60 bits per heavy atom. The van der Waals surface area contributed by atoms with Gasteiger partial charge in [0.2, 0.25) is 5.91 Å². The van der Waals surface area contributed by atoms with Crippen LogP contribution in [-0.2, 0) is 11.2 Å². The van der Waals surface area contributed by atoms with Crippen molar-refractivity contribution in [3.63, 3.8) is 0 Å². The molecule has 0 aromatic heterocycles. The summed E-state index contributed by atoms with van der Waals surface area (Å²) in [5, 5.41) is 12.6. The number of aliphatic hydroxyl groups is 1. The third-order valence-corrected chi connectivity index (χ3v) is 2.93. The van der Waals surface area contributed by atoms with E-state index >= 15 is 0 Å². The van der Waals surface area contributed by atoms with Crippen LogP contribution in [0.15, 0.2) is 24.3 Å². The highest BCUT2D eigenvalue weighted by molar-refractivity contribution is 6.01. The predicted octanol–water partition coefficient (Wildman–Crippen LogP) is 2.10. The molecular formula is C16H23NO3. The molecule has 1 aromatic carbocycles. The van der Waals surface area contributed by atoms with E-state index in [2.05, 4.69) is 5.32 Å². The molecule has 0 aliphatic heterocycles. The van der Waals surface area contributed by atoms with Crippen molar-refractivity contribution in [1.82, 2.24) is 5.32 Å². The Kier molecular flexibility index (Phi) is 4.71. The van der Waals surface area contributed by atoms with Crippen molar-refractivity contribution >= 4 is 11.7 Å². The Bertz CT molecular complexity index is 495. The normalized spacial score (nSPS) is 12.1. The third-order valence-electron chi connectivity index (χ3n) is 2.93. The fraction of sp³-hybridized carbons (Fsp3) is 0.500. The molecule has 20 heavy (non-hydrogen) atoms. The van der Waals surface area contributed by atoms with Gasteiger partial charge in [0, 0.05) is 18.0 Å². The van der Waals surface area contributed by atoms with Gasteiger partial charge in [-0.1, -0.05) is 24.3 Å². The van der Waals surface area contributed by atoms with Gasteiger partial charge in [-0.2, -0.15) is 0 Å². The largest absolute Gasteiger partial charge is 0.382 e. The number of nitrogens with one attached hydrogen (secondary N) is 1. The highest BCUT2D eigenvalue weighted by Gasteiger charge is 2.25. The Balaban J connectivity index is 2.82. The average Bonchev–Trinajstić information content (AvgIpc) is 2.25. The SMILES string of the molecule is CC(=O)NC(C)(C)Cc1ccc(C(=O)C(C)(C)O)cc1. The molecule has 110 valence electrons. The summed E-state index contributed by atoms with van der Waals surface area (Å²) in [5.74, 6) is -0.367. The number of carbonyl (C=O) groups excluding carboxylic acids is 2. The van der Waals surface area contributed by atoms with Crippen molar-refractivity contribution in [3.05, 3.63) is 35.4 Å². The van der Waals surface area contributed by atoms with Crippen molar-refractivity contribution in [1.29, 1.82) is 0 Å². The topological polar surface area (TPSA) is 66.4 Å². The standard InChI is InChI=1S/C16H23NO3/c1-11(18)17-15(2,3)10-12-6-8-13(9-7-12)14(19)16(4,5)20/h6-9,20H,10H2,1-5H3,(H,17,18). The van der Waals surface area contributed by atoms with Crippen molar-refractivity contribution in [2.24, 2.45) is 0 Å². The maximum absolute atomic E-state index is 11.9. The molecule has 0 saturated heterocycles. The van der Waals surface area contributed by atoms with E-state index in [1.165, 1.54) is 20.8 Å². The molecule has 0 fully saturated rings. The summed E-state index contributed by atoms with van der Waals surface area (Å²) in [6, 6.07) is 7.12. The predicted molar refractivity (Wildman–Crippen MR) is 78.7 cm³/mol. The van der Waals surface area contributed by atoms with Gasteiger partial charge in [-0.3, -0.25) is 9.59 Å². The second-order valence-corrected chi connectivity index (χ2v) is 6.33. The van der Waals surface area contributed by atoms with E-state index in [1.807, 2.05) is 26.0 Å². The lowest BCUT2D eigenvalue weighted by molar-refractivity contribution is -0.120. The minimum Gasteiger partial charge on any atom is -0.382 e. The summed E-state index contributed by atoms with van der Waals surface area (Å²) in [7, 11) is 0. The van der Waals surface area contributed by atoms with Crippen molar-refractivity contribution in [3.8, 4) is 0 Å². The molecule has 0 aliphatic carbocycles. The average molecular weight is 277 g/mol. The molecule has 0 unspecified atom stereocenters. The lowest BCUT2D eigenvalue weighted by Gasteiger charge is -2.26. The molecule has 2 N–H and O–H groups in total. The number of rotatable bonds is 5. The third kappa shape index (κ3) is 4.78. The van der Waals surface area contributed by atoms with Crippen LogP contribution < -0.4 is 5.32 Å². The van der Waals surface area contributed by atoms with E-state index in [0.717, 1.165) is 5.56 Å². The molecular weight excluding hydrogens is 254 g/mol. The number of carbonyl (C=O) groups is 2. The van der Waals surface area contributed by atoms with E-state index in [-0.39, 0.29) is 17.2 Å². The van der Waals surface area contributed by atoms with E-state index in [1.54, 1.807) is 12.1 Å². The van der Waals surface area contributed by atoms with Crippen molar-refractivity contribution in [2.45, 2.75) is 52.2 Å². The Hall–Kier alpha value is -1.68. The van der Waals surface area contributed by atoms with Crippen LogP contribution >= 0.6 is 0 Å². The molecule has 4 heteroatoms. The summed E-state index contributed by atoms with van der Waals surface area (Å²) < 4.78 is 0. The molecule has 0 saturated carbocycles. The first-order valence-corrected chi connectivity index (χ1v) is 6.66. The summed E-state index contributed by atoms with van der Waals surface area (Å²) in [6.07, 6.45) is 0.670. The second kappa shape index (κ2) is 5.75. The lowest BCUT2D eigenvalue weighted by atomic mass is 9.92. The Morgan fingerprint density at radius 1 is 1.10 bits per heavy atom. The van der Waals surface area contributed by atoms with E-state index in [4.69, 9.17) is 0 Å². The zero-order valence-electron chi connectivity index (χ0n) is 12.8. The molecule has 0 bridgehead atoms. The van der Waals surface area contributed by atoms with Gasteiger partial charge < -0.3 is 10.4 Å². The summed E-state index contributed by atoms with van der Waals surface area (Å²) >= 11 is 0. The molecule has 0 heterocycles. The summed E-state index contributed by atoms with van der Waals surface area (Å²) in [5.41, 5.74) is -0.195. The minimum absolute atomic E-state index is 0.0659. The van der Waals surface area contributed by atoms with Gasteiger partial charge in [-0.15, -0.1) is 0 Å². The Morgan fingerprint density at radius 3 is 2.00 bits per heavy atom. The number of Topliss-reactive ketones (excluding diaryl/α,β-unsaturated/α-hetero) is 1. The maximum Gasteiger partial charge on any atom is 0.217 e. The monoisotopic (exact) mass is 277 g/mol. The van der Waals surface area contributed by atoms with E-state index in [0.29, 0.717) is 12.0 Å². The summed E-state index contributed by atoms with van der Waals surface area (Å²) in [6.45, 7) is 8.34. The molecule has 1 aromatic rings. The van der Waals surface area contributed by atoms with Gasteiger partial charge in [0.25, 0.3) is 0 Å². The Labute approximate surface area is 120 Å². The van der Waals surface area contributed by atoms with Crippen LogP contribution in [0.4, 0.5) is 0 Å². The van der Waals surface area contributed by atoms with Crippen LogP contribution in [0.2, 0.25) is 0 Å². The van der Waals surface area contributed by atoms with Crippen LogP contribution in [-0.4, -0.2) is 27.9 Å². The first-order valence-electron chi connectivity index (χ1n) is 6.66. The highest BCUT2D eigenvalue weighted by Crippen LogP contribution is 2.17. The van der Waals surface area contributed by atoms with Gasteiger partial charge in [-0.25, -0.2) is 0 Å². The first-order chi connectivity index (χ1) is 9.01. The molecule has 1 amide bonds. The quantitative estimate of drug-likeness (QED) is 0.810. The number of amides is 1. The second-order valence-electron chi connectivity index (χ2n) is 6.33. The zero-order valence-corrected chi connectivity index (χ0v) is 12.8. The molecule has 0 radical (unpaired) electrons. The zero-order chi connectivity index (χ0) is 15.6. The van der Waals surface area contributed by atoms with Crippen LogP contribution in [0, 0.1) is 0 Å². The van der Waals surface area contributed by atoms with Gasteiger partial charge in [0.1, 0.15) is 5.60 Å². The molecule has 0 atom stereocenters. The van der Waals surface area contributed by atoms with Gasteiger partial charge in [0.15, 0.2) is 5.78 Å². The van der Waals surface area contributed by atoms with Crippen molar-refractivity contribution < 1.29 is 14.7 Å². The minimum atomic E-state index is -1.36. The number of benzene rings is 1. The molecule has 0 spiro atoms. The highest BCUT2D eigenvalue weighted by atomic mass is 16.3. The summed E-state index contributed by atoms with van der Waals surface area (Å²) in [4.78, 5) is 23.0. The lowest BCUT2D eigenvalue weighted by Crippen LogP contribution is -2.44.